The molecule has 3 aromatic carbocycles. The summed E-state index contributed by atoms with van der Waals surface area (Å²) in [6, 6.07) is 13.8. The van der Waals surface area contributed by atoms with Gasteiger partial charge in [-0.1, -0.05) is 18.2 Å². The smallest absolute Gasteiger partial charge is 0.416 e. The van der Waals surface area contributed by atoms with Crippen molar-refractivity contribution < 1.29 is 22.7 Å². The number of nitrogens with two attached hydrogens (primary N) is 2. The highest BCUT2D eigenvalue weighted by Crippen LogP contribution is 2.35. The van der Waals surface area contributed by atoms with Crippen LogP contribution in [0.1, 0.15) is 21.5 Å². The Morgan fingerprint density at radius 2 is 1.82 bits per heavy atom. The molecule has 200 valence electrons. The summed E-state index contributed by atoms with van der Waals surface area (Å²) in [5.74, 6) is -0.499. The summed E-state index contributed by atoms with van der Waals surface area (Å²) in [6.45, 7) is 3.18. The van der Waals surface area contributed by atoms with E-state index < -0.39 is 17.6 Å². The lowest BCUT2D eigenvalue weighted by atomic mass is 10.0. The number of halogens is 3. The number of fused-ring (bicyclic) bond motifs is 1. The molecule has 38 heavy (non-hydrogen) atoms. The van der Waals surface area contributed by atoms with E-state index in [0.29, 0.717) is 29.6 Å². The molecule has 0 radical (unpaired) electrons. The Hall–Kier alpha value is -4.09. The Morgan fingerprint density at radius 3 is 2.50 bits per heavy atom. The summed E-state index contributed by atoms with van der Waals surface area (Å²) in [6.07, 6.45) is -3.41. The number of ether oxygens (including phenoxy) is 1. The van der Waals surface area contributed by atoms with E-state index in [1.807, 2.05) is 11.9 Å². The average molecular weight is 527 g/mol. The van der Waals surface area contributed by atoms with E-state index in [1.165, 1.54) is 12.1 Å². The van der Waals surface area contributed by atoms with Crippen LogP contribution < -0.4 is 21.5 Å². The molecule has 0 saturated carbocycles. The molecule has 3 aromatic rings. The van der Waals surface area contributed by atoms with E-state index in [0.717, 1.165) is 25.2 Å². The Kier molecular flexibility index (Phi) is 7.88. The standard InChI is InChI=1S/C27H29F3N6O2/c1-35-9-11-36(12-10-35)16-18-5-6-19(14-23(18)27(28,29)30)34-26(37)22-4-2-3-17-13-20(7-8-21(17)22)38-25(33)15-24(31)32/h2-8,13-15H,9-12,16,33H2,1H3,(H3,31,32)(H,34,37)/b25-15+. The molecule has 1 heterocycles. The van der Waals surface area contributed by atoms with Crippen LogP contribution in [0.5, 0.6) is 5.75 Å². The van der Waals surface area contributed by atoms with Crippen molar-refractivity contribution in [2.45, 2.75) is 12.7 Å². The van der Waals surface area contributed by atoms with E-state index in [4.69, 9.17) is 21.6 Å². The number of carbonyl (C=O) groups is 1. The summed E-state index contributed by atoms with van der Waals surface area (Å²) in [5, 5.41) is 11.1. The molecule has 1 aliphatic heterocycles. The fourth-order valence-corrected chi connectivity index (χ4v) is 4.34. The molecule has 1 aliphatic rings. The number of hydrogen-bond donors (Lipinski definition) is 4. The molecule has 0 unspecified atom stereocenters. The van der Waals surface area contributed by atoms with Crippen molar-refractivity contribution in [3.8, 4) is 5.75 Å². The van der Waals surface area contributed by atoms with Gasteiger partial charge < -0.3 is 26.4 Å². The van der Waals surface area contributed by atoms with Gasteiger partial charge in [0.2, 0.25) is 0 Å². The van der Waals surface area contributed by atoms with Crippen LogP contribution >= 0.6 is 0 Å². The maximum Gasteiger partial charge on any atom is 0.416 e. The molecular formula is C27H29F3N6O2. The minimum absolute atomic E-state index is 0.0588. The Morgan fingerprint density at radius 1 is 1.08 bits per heavy atom. The number of amides is 1. The van der Waals surface area contributed by atoms with Gasteiger partial charge in [-0.3, -0.25) is 15.1 Å². The van der Waals surface area contributed by atoms with E-state index in [9.17, 15) is 18.0 Å². The van der Waals surface area contributed by atoms with Gasteiger partial charge >= 0.3 is 6.18 Å². The highest BCUT2D eigenvalue weighted by atomic mass is 19.4. The second-order valence-electron chi connectivity index (χ2n) is 9.20. The minimum atomic E-state index is -4.56. The number of amidine groups is 1. The summed E-state index contributed by atoms with van der Waals surface area (Å²) in [4.78, 5) is 17.2. The third-order valence-corrected chi connectivity index (χ3v) is 6.29. The van der Waals surface area contributed by atoms with Crippen LogP contribution in [0.15, 0.2) is 66.6 Å². The monoisotopic (exact) mass is 526 g/mol. The van der Waals surface area contributed by atoms with E-state index >= 15 is 0 Å². The van der Waals surface area contributed by atoms with Gasteiger partial charge in [0.05, 0.1) is 5.56 Å². The maximum absolute atomic E-state index is 13.9. The normalized spacial score (nSPS) is 15.4. The SMILES string of the molecule is CN1CCN(Cc2ccc(NC(=O)c3cccc4cc(O/C(N)=C/C(=N)N)ccc34)cc2C(F)(F)F)CC1. The molecule has 6 N–H and O–H groups in total. The van der Waals surface area contributed by atoms with Gasteiger partial charge in [-0.05, 0) is 59.8 Å². The van der Waals surface area contributed by atoms with Gasteiger partial charge in [-0.25, -0.2) is 0 Å². The van der Waals surface area contributed by atoms with E-state index in [-0.39, 0.29) is 35.1 Å². The lowest BCUT2D eigenvalue weighted by Crippen LogP contribution is -2.44. The number of rotatable bonds is 7. The quantitative estimate of drug-likeness (QED) is 0.210. The Labute approximate surface area is 218 Å². The molecule has 0 spiro atoms. The highest BCUT2D eigenvalue weighted by Gasteiger charge is 2.34. The van der Waals surface area contributed by atoms with Crippen LogP contribution in [0.3, 0.4) is 0 Å². The number of nitrogens with one attached hydrogen (secondary N) is 2. The van der Waals surface area contributed by atoms with Gasteiger partial charge in [-0.2, -0.15) is 13.2 Å². The number of likely N-dealkylation sites (N-methyl/N-ethyl adjacent to an activating group) is 1. The first-order valence-electron chi connectivity index (χ1n) is 11.9. The van der Waals surface area contributed by atoms with Gasteiger partial charge in [0.25, 0.3) is 5.91 Å². The van der Waals surface area contributed by atoms with Crippen LogP contribution in [0.25, 0.3) is 10.8 Å². The number of anilines is 1. The predicted octanol–water partition coefficient (Wildman–Crippen LogP) is 3.97. The number of nitrogens with zero attached hydrogens (tertiary/aromatic N) is 2. The molecule has 8 nitrogen and oxygen atoms in total. The molecule has 0 bridgehead atoms. The van der Waals surface area contributed by atoms with Gasteiger partial charge in [-0.15, -0.1) is 0 Å². The molecule has 11 heteroatoms. The van der Waals surface area contributed by atoms with Crippen LogP contribution in [-0.4, -0.2) is 54.8 Å². The molecule has 1 saturated heterocycles. The van der Waals surface area contributed by atoms with Crippen molar-refractivity contribution in [3.63, 3.8) is 0 Å². The molecule has 0 aliphatic carbocycles. The van der Waals surface area contributed by atoms with Gasteiger partial charge in [0.1, 0.15) is 11.6 Å². The second kappa shape index (κ2) is 11.1. The third-order valence-electron chi connectivity index (χ3n) is 6.29. The first kappa shape index (κ1) is 27.0. The lowest BCUT2D eigenvalue weighted by molar-refractivity contribution is -0.138. The third kappa shape index (κ3) is 6.61. The zero-order valence-electron chi connectivity index (χ0n) is 20.8. The largest absolute Gasteiger partial charge is 0.441 e. The number of piperazine rings is 1. The van der Waals surface area contributed by atoms with Crippen LogP contribution in [0, 0.1) is 5.41 Å². The van der Waals surface area contributed by atoms with Crippen molar-refractivity contribution >= 4 is 28.2 Å². The van der Waals surface area contributed by atoms with Crippen molar-refractivity contribution in [1.29, 1.82) is 5.41 Å². The Balaban J connectivity index is 1.55. The molecule has 4 rings (SSSR count). The first-order chi connectivity index (χ1) is 18.0. The summed E-state index contributed by atoms with van der Waals surface area (Å²) in [5.41, 5.74) is 10.7. The fourth-order valence-electron chi connectivity index (χ4n) is 4.34. The van der Waals surface area contributed by atoms with E-state index in [1.54, 1.807) is 36.4 Å². The van der Waals surface area contributed by atoms with Crippen LogP contribution in [0.2, 0.25) is 0 Å². The summed E-state index contributed by atoms with van der Waals surface area (Å²) < 4.78 is 47.2. The van der Waals surface area contributed by atoms with E-state index in [2.05, 4.69) is 10.2 Å². The number of hydrogen-bond acceptors (Lipinski definition) is 6. The number of carbonyl (C=O) groups excluding carboxylic acids is 1. The lowest BCUT2D eigenvalue weighted by Gasteiger charge is -2.33. The van der Waals surface area contributed by atoms with Gasteiger partial charge in [0.15, 0.2) is 5.88 Å². The molecule has 1 amide bonds. The first-order valence-corrected chi connectivity index (χ1v) is 11.9. The zero-order valence-corrected chi connectivity index (χ0v) is 20.8. The average Bonchev–Trinajstić information content (AvgIpc) is 2.84. The molecule has 0 aromatic heterocycles. The summed E-state index contributed by atoms with van der Waals surface area (Å²) >= 11 is 0. The maximum atomic E-state index is 13.9. The van der Waals surface area contributed by atoms with Crippen LogP contribution in [-0.2, 0) is 12.7 Å². The summed E-state index contributed by atoms with van der Waals surface area (Å²) in [7, 11) is 1.99. The predicted molar refractivity (Wildman–Crippen MR) is 141 cm³/mol. The van der Waals surface area contributed by atoms with Crippen molar-refractivity contribution in [2.75, 3.05) is 38.5 Å². The molecular weight excluding hydrogens is 497 g/mol. The number of alkyl halides is 3. The van der Waals surface area contributed by atoms with Gasteiger partial charge in [0, 0.05) is 50.1 Å². The topological polar surface area (TPSA) is 121 Å². The second-order valence-corrected chi connectivity index (χ2v) is 9.20. The van der Waals surface area contributed by atoms with Crippen molar-refractivity contribution in [1.82, 2.24) is 9.80 Å². The number of benzene rings is 3. The molecule has 1 fully saturated rings. The minimum Gasteiger partial charge on any atom is -0.441 e. The zero-order chi connectivity index (χ0) is 27.4. The fraction of sp³-hybridized carbons (Fsp3) is 0.259. The highest BCUT2D eigenvalue weighted by molar-refractivity contribution is 6.13. The van der Waals surface area contributed by atoms with Crippen molar-refractivity contribution in [2.24, 2.45) is 11.5 Å². The van der Waals surface area contributed by atoms with Crippen molar-refractivity contribution in [3.05, 3.63) is 83.2 Å². The molecule has 0 atom stereocenters. The van der Waals surface area contributed by atoms with Crippen LogP contribution in [0.4, 0.5) is 18.9 Å². The Bertz CT molecular complexity index is 1380.